The van der Waals surface area contributed by atoms with E-state index in [9.17, 15) is 13.2 Å². The quantitative estimate of drug-likeness (QED) is 0.886. The van der Waals surface area contributed by atoms with Crippen molar-refractivity contribution < 1.29 is 13.2 Å². The molecule has 2 aromatic rings. The molecule has 0 aliphatic carbocycles. The summed E-state index contributed by atoms with van der Waals surface area (Å²) >= 11 is 11.9. The second-order valence-electron chi connectivity index (χ2n) is 5.21. The van der Waals surface area contributed by atoms with Crippen LogP contribution in [0.15, 0.2) is 41.3 Å². The normalized spacial score (nSPS) is 11.3. The lowest BCUT2D eigenvalue weighted by Gasteiger charge is -2.11. The van der Waals surface area contributed by atoms with Crippen LogP contribution in [-0.2, 0) is 21.1 Å². The highest BCUT2D eigenvalue weighted by atomic mass is 35.5. The van der Waals surface area contributed by atoms with Gasteiger partial charge in [-0.15, -0.1) is 0 Å². The predicted molar refractivity (Wildman–Crippen MR) is 93.1 cm³/mol. The van der Waals surface area contributed by atoms with Crippen LogP contribution >= 0.6 is 23.2 Å². The molecule has 0 heterocycles. The Bertz CT molecular complexity index is 864. The highest BCUT2D eigenvalue weighted by Crippen LogP contribution is 2.23. The van der Waals surface area contributed by atoms with Gasteiger partial charge in [0.25, 0.3) is 0 Å². The third-order valence-corrected chi connectivity index (χ3v) is 4.97. The first-order valence-electron chi connectivity index (χ1n) is 6.71. The first-order valence-corrected chi connectivity index (χ1v) is 9.36. The molecule has 0 spiro atoms. The van der Waals surface area contributed by atoms with Gasteiger partial charge in [0, 0.05) is 22.0 Å². The van der Waals surface area contributed by atoms with E-state index in [4.69, 9.17) is 23.2 Å². The molecule has 0 aliphatic rings. The molecule has 0 unspecified atom stereocenters. The number of sulfone groups is 1. The molecule has 0 aromatic heterocycles. The Hall–Kier alpha value is -1.56. The van der Waals surface area contributed by atoms with Crippen LogP contribution in [0.5, 0.6) is 0 Å². The molecule has 0 radical (unpaired) electrons. The van der Waals surface area contributed by atoms with E-state index < -0.39 is 9.84 Å². The number of benzene rings is 2. The van der Waals surface area contributed by atoms with Crippen molar-refractivity contribution >= 4 is 44.6 Å². The van der Waals surface area contributed by atoms with Gasteiger partial charge in [0.15, 0.2) is 9.84 Å². The number of aryl methyl sites for hydroxylation is 1. The standard InChI is InChI=1S/C16H15Cl2NO3S/c1-10-3-6-13(23(2,21)22)9-15(10)19-16(20)7-11-4-5-12(17)8-14(11)18/h3-6,8-9H,7H2,1-2H3,(H,19,20). The van der Waals surface area contributed by atoms with Crippen molar-refractivity contribution in [3.63, 3.8) is 0 Å². The van der Waals surface area contributed by atoms with Crippen molar-refractivity contribution in [2.75, 3.05) is 11.6 Å². The van der Waals surface area contributed by atoms with Crippen LogP contribution in [0.3, 0.4) is 0 Å². The number of hydrogen-bond acceptors (Lipinski definition) is 3. The molecule has 0 bridgehead atoms. The fourth-order valence-corrected chi connectivity index (χ4v) is 3.12. The maximum Gasteiger partial charge on any atom is 0.228 e. The summed E-state index contributed by atoms with van der Waals surface area (Å²) in [7, 11) is -3.34. The molecular formula is C16H15Cl2NO3S. The lowest BCUT2D eigenvalue weighted by Crippen LogP contribution is -2.16. The van der Waals surface area contributed by atoms with Crippen LogP contribution in [0.2, 0.25) is 10.0 Å². The van der Waals surface area contributed by atoms with Gasteiger partial charge in [-0.05, 0) is 42.3 Å². The minimum absolute atomic E-state index is 0.0680. The molecular weight excluding hydrogens is 357 g/mol. The van der Waals surface area contributed by atoms with E-state index in [-0.39, 0.29) is 17.2 Å². The number of rotatable bonds is 4. The fourth-order valence-electron chi connectivity index (χ4n) is 2.00. The van der Waals surface area contributed by atoms with E-state index in [0.29, 0.717) is 21.3 Å². The summed E-state index contributed by atoms with van der Waals surface area (Å²) in [4.78, 5) is 12.3. The molecule has 0 saturated heterocycles. The maximum absolute atomic E-state index is 12.2. The average molecular weight is 372 g/mol. The predicted octanol–water partition coefficient (Wildman–Crippen LogP) is 3.89. The van der Waals surface area contributed by atoms with Crippen molar-refractivity contribution in [1.29, 1.82) is 0 Å². The van der Waals surface area contributed by atoms with Gasteiger partial charge in [0.05, 0.1) is 11.3 Å². The smallest absolute Gasteiger partial charge is 0.228 e. The molecule has 0 aliphatic heterocycles. The van der Waals surface area contributed by atoms with Gasteiger partial charge in [0.1, 0.15) is 0 Å². The van der Waals surface area contributed by atoms with E-state index in [1.807, 2.05) is 0 Å². The Balaban J connectivity index is 2.20. The molecule has 2 aromatic carbocycles. The molecule has 23 heavy (non-hydrogen) atoms. The zero-order chi connectivity index (χ0) is 17.2. The van der Waals surface area contributed by atoms with Crippen molar-refractivity contribution in [1.82, 2.24) is 0 Å². The second-order valence-corrected chi connectivity index (χ2v) is 8.07. The first-order chi connectivity index (χ1) is 10.7. The molecule has 0 fully saturated rings. The van der Waals surface area contributed by atoms with Crippen LogP contribution in [0.4, 0.5) is 5.69 Å². The number of hydrogen-bond donors (Lipinski definition) is 1. The number of anilines is 1. The molecule has 1 amide bonds. The topological polar surface area (TPSA) is 63.2 Å². The van der Waals surface area contributed by atoms with Crippen molar-refractivity contribution in [2.24, 2.45) is 0 Å². The van der Waals surface area contributed by atoms with Gasteiger partial charge in [-0.1, -0.05) is 35.3 Å². The van der Waals surface area contributed by atoms with Gasteiger partial charge in [-0.2, -0.15) is 0 Å². The van der Waals surface area contributed by atoms with Gasteiger partial charge in [-0.3, -0.25) is 4.79 Å². The molecule has 0 saturated carbocycles. The Morgan fingerprint density at radius 2 is 1.83 bits per heavy atom. The lowest BCUT2D eigenvalue weighted by atomic mass is 10.1. The van der Waals surface area contributed by atoms with Gasteiger partial charge in [-0.25, -0.2) is 8.42 Å². The third-order valence-electron chi connectivity index (χ3n) is 3.28. The van der Waals surface area contributed by atoms with Gasteiger partial charge < -0.3 is 5.32 Å². The van der Waals surface area contributed by atoms with Crippen LogP contribution < -0.4 is 5.32 Å². The fraction of sp³-hybridized carbons (Fsp3) is 0.188. The number of carbonyl (C=O) groups excluding carboxylic acids is 1. The summed E-state index contributed by atoms with van der Waals surface area (Å²) in [5.41, 5.74) is 1.88. The van der Waals surface area contributed by atoms with Crippen LogP contribution in [-0.4, -0.2) is 20.6 Å². The third kappa shape index (κ3) is 4.70. The van der Waals surface area contributed by atoms with Crippen molar-refractivity contribution in [3.8, 4) is 0 Å². The summed E-state index contributed by atoms with van der Waals surface area (Å²) in [6, 6.07) is 9.53. The second kappa shape index (κ2) is 6.91. The van der Waals surface area contributed by atoms with E-state index >= 15 is 0 Å². The molecule has 2 rings (SSSR count). The molecule has 7 heteroatoms. The maximum atomic E-state index is 12.2. The summed E-state index contributed by atoms with van der Waals surface area (Å²) in [5, 5.41) is 3.63. The Labute approximate surface area is 145 Å². The molecule has 0 atom stereocenters. The summed E-state index contributed by atoms with van der Waals surface area (Å²) in [5.74, 6) is -0.289. The highest BCUT2D eigenvalue weighted by Gasteiger charge is 2.13. The minimum Gasteiger partial charge on any atom is -0.326 e. The van der Waals surface area contributed by atoms with E-state index in [1.165, 1.54) is 12.1 Å². The minimum atomic E-state index is -3.34. The Kier molecular flexibility index (Phi) is 5.34. The van der Waals surface area contributed by atoms with E-state index in [0.717, 1.165) is 11.8 Å². The molecule has 122 valence electrons. The van der Waals surface area contributed by atoms with Crippen molar-refractivity contribution in [2.45, 2.75) is 18.2 Å². The zero-order valence-corrected chi connectivity index (χ0v) is 14.9. The Morgan fingerprint density at radius 3 is 2.43 bits per heavy atom. The molecule has 4 nitrogen and oxygen atoms in total. The van der Waals surface area contributed by atoms with E-state index in [2.05, 4.69) is 5.32 Å². The SMILES string of the molecule is Cc1ccc(S(C)(=O)=O)cc1NC(=O)Cc1ccc(Cl)cc1Cl. The number of nitrogens with one attached hydrogen (secondary N) is 1. The zero-order valence-electron chi connectivity index (χ0n) is 12.6. The first kappa shape index (κ1) is 17.8. The summed E-state index contributed by atoms with van der Waals surface area (Å²) in [6.07, 6.45) is 1.19. The number of carbonyl (C=O) groups is 1. The van der Waals surface area contributed by atoms with Gasteiger partial charge >= 0.3 is 0 Å². The van der Waals surface area contributed by atoms with Crippen molar-refractivity contribution in [3.05, 3.63) is 57.6 Å². The number of halogens is 2. The summed E-state index contributed by atoms with van der Waals surface area (Å²) in [6.45, 7) is 1.79. The van der Waals surface area contributed by atoms with Gasteiger partial charge in [0.2, 0.25) is 5.91 Å². The highest BCUT2D eigenvalue weighted by molar-refractivity contribution is 7.90. The van der Waals surface area contributed by atoms with Crippen LogP contribution in [0, 0.1) is 6.92 Å². The Morgan fingerprint density at radius 1 is 1.13 bits per heavy atom. The van der Waals surface area contributed by atoms with E-state index in [1.54, 1.807) is 31.2 Å². The average Bonchev–Trinajstić information content (AvgIpc) is 2.43. The molecule has 1 N–H and O–H groups in total. The largest absolute Gasteiger partial charge is 0.326 e. The lowest BCUT2D eigenvalue weighted by molar-refractivity contribution is -0.115. The monoisotopic (exact) mass is 371 g/mol. The number of amides is 1. The summed E-state index contributed by atoms with van der Waals surface area (Å²) < 4.78 is 23.2. The van der Waals surface area contributed by atoms with Crippen LogP contribution in [0.25, 0.3) is 0 Å². The van der Waals surface area contributed by atoms with Crippen LogP contribution in [0.1, 0.15) is 11.1 Å².